The minimum absolute atomic E-state index is 0.00653. The van der Waals surface area contributed by atoms with Crippen molar-refractivity contribution in [2.45, 2.75) is 64.6 Å². The van der Waals surface area contributed by atoms with Crippen molar-refractivity contribution in [1.29, 1.82) is 0 Å². The number of nitrogens with one attached hydrogen (secondary N) is 1. The predicted octanol–water partition coefficient (Wildman–Crippen LogP) is 4.79. The first kappa shape index (κ1) is 30.3. The average Bonchev–Trinajstić information content (AvgIpc) is 3.45. The molecule has 40 heavy (non-hydrogen) atoms. The van der Waals surface area contributed by atoms with Crippen molar-refractivity contribution < 1.29 is 27.5 Å². The Labute approximate surface area is 245 Å². The van der Waals surface area contributed by atoms with Crippen LogP contribution in [0.25, 0.3) is 0 Å². The number of amides is 2. The fraction of sp³-hybridized carbons (Fsp3) is 0.500. The van der Waals surface area contributed by atoms with Gasteiger partial charge in [0.1, 0.15) is 25.8 Å². The van der Waals surface area contributed by atoms with Gasteiger partial charge in [0, 0.05) is 28.7 Å². The van der Waals surface area contributed by atoms with Gasteiger partial charge in [-0.15, -0.1) is 0 Å². The molecule has 0 spiro atoms. The molecule has 1 saturated carbocycles. The van der Waals surface area contributed by atoms with E-state index in [0.29, 0.717) is 46.7 Å². The minimum Gasteiger partial charge on any atom is -0.486 e. The summed E-state index contributed by atoms with van der Waals surface area (Å²) in [6.45, 7) is 3.57. The quantitative estimate of drug-likeness (QED) is 0.392. The van der Waals surface area contributed by atoms with Crippen LogP contribution in [-0.4, -0.2) is 62.7 Å². The van der Waals surface area contributed by atoms with Crippen LogP contribution >= 0.6 is 23.2 Å². The third-order valence-electron chi connectivity index (χ3n) is 7.24. The van der Waals surface area contributed by atoms with E-state index in [0.717, 1.165) is 30.0 Å². The lowest BCUT2D eigenvalue weighted by Crippen LogP contribution is -2.53. The summed E-state index contributed by atoms with van der Waals surface area (Å²) in [4.78, 5) is 28.9. The lowest BCUT2D eigenvalue weighted by molar-refractivity contribution is -0.140. The van der Waals surface area contributed by atoms with Gasteiger partial charge in [-0.1, -0.05) is 49.0 Å². The Morgan fingerprint density at radius 2 is 1.73 bits per heavy atom. The second kappa shape index (κ2) is 13.3. The van der Waals surface area contributed by atoms with Crippen LogP contribution in [-0.2, 0) is 26.2 Å². The number of benzene rings is 2. The third-order valence-corrected chi connectivity index (χ3v) is 9.56. The predicted molar refractivity (Wildman–Crippen MR) is 156 cm³/mol. The maximum atomic E-state index is 14.0. The van der Waals surface area contributed by atoms with E-state index in [1.807, 2.05) is 6.92 Å². The van der Waals surface area contributed by atoms with Crippen LogP contribution in [0.3, 0.4) is 0 Å². The summed E-state index contributed by atoms with van der Waals surface area (Å²) >= 11 is 12.5. The molecule has 1 aliphatic carbocycles. The number of rotatable bonds is 11. The fourth-order valence-corrected chi connectivity index (χ4v) is 6.55. The van der Waals surface area contributed by atoms with E-state index in [1.165, 1.54) is 11.8 Å². The van der Waals surface area contributed by atoms with E-state index >= 15 is 0 Å². The van der Waals surface area contributed by atoms with Gasteiger partial charge in [0.05, 0.1) is 11.4 Å². The van der Waals surface area contributed by atoms with Crippen molar-refractivity contribution in [3.05, 3.63) is 52.0 Å². The van der Waals surface area contributed by atoms with E-state index in [2.05, 4.69) is 5.32 Å². The first-order valence-corrected chi connectivity index (χ1v) is 15.9. The van der Waals surface area contributed by atoms with E-state index in [9.17, 15) is 18.0 Å². The molecule has 1 aliphatic heterocycles. The Balaban J connectivity index is 1.67. The molecule has 0 unspecified atom stereocenters. The van der Waals surface area contributed by atoms with Crippen molar-refractivity contribution in [2.75, 3.05) is 29.8 Å². The van der Waals surface area contributed by atoms with Crippen molar-refractivity contribution in [3.8, 4) is 11.5 Å². The van der Waals surface area contributed by atoms with E-state index in [4.69, 9.17) is 32.7 Å². The molecule has 2 aliphatic rings. The van der Waals surface area contributed by atoms with Gasteiger partial charge in [-0.25, -0.2) is 8.42 Å². The van der Waals surface area contributed by atoms with Gasteiger partial charge in [0.15, 0.2) is 11.5 Å². The van der Waals surface area contributed by atoms with Crippen LogP contribution in [0.15, 0.2) is 36.4 Å². The molecule has 9 nitrogen and oxygen atoms in total. The molecule has 1 atom stereocenters. The fourth-order valence-electron chi connectivity index (χ4n) is 5.03. The molecule has 1 N–H and O–H groups in total. The second-order valence-electron chi connectivity index (χ2n) is 9.91. The van der Waals surface area contributed by atoms with Gasteiger partial charge in [0.2, 0.25) is 21.8 Å². The number of sulfonamides is 1. The highest BCUT2D eigenvalue weighted by Gasteiger charge is 2.34. The molecule has 0 bridgehead atoms. The van der Waals surface area contributed by atoms with Crippen molar-refractivity contribution in [1.82, 2.24) is 10.2 Å². The zero-order valence-electron chi connectivity index (χ0n) is 22.7. The Morgan fingerprint density at radius 3 is 2.38 bits per heavy atom. The normalized spacial score (nSPS) is 15.9. The van der Waals surface area contributed by atoms with Gasteiger partial charge in [-0.2, -0.15) is 0 Å². The second-order valence-corrected chi connectivity index (χ2v) is 12.9. The topological polar surface area (TPSA) is 105 Å². The lowest BCUT2D eigenvalue weighted by Gasteiger charge is -2.34. The number of carbonyl (C=O) groups is 2. The van der Waals surface area contributed by atoms with Gasteiger partial charge in [0.25, 0.3) is 0 Å². The lowest BCUT2D eigenvalue weighted by atomic mass is 10.1. The highest BCUT2D eigenvalue weighted by Crippen LogP contribution is 2.35. The molecular weight excluding hydrogens is 577 g/mol. The SMILES string of the molecule is CC[C@@H](C(=O)NC1CCCC1)N(Cc1ccc(Cl)cc1Cl)C(=O)CN(c1ccc2c(c1)OCCO2)S(=O)(=O)CC. The molecule has 1 fully saturated rings. The molecule has 1 heterocycles. The zero-order chi connectivity index (χ0) is 28.9. The largest absolute Gasteiger partial charge is 0.486 e. The van der Waals surface area contributed by atoms with Crippen LogP contribution in [0.4, 0.5) is 5.69 Å². The Morgan fingerprint density at radius 1 is 1.02 bits per heavy atom. The van der Waals surface area contributed by atoms with Crippen molar-refractivity contribution >= 4 is 50.7 Å². The Kier molecular flexibility index (Phi) is 10.1. The molecule has 2 amide bonds. The summed E-state index contributed by atoms with van der Waals surface area (Å²) < 4.78 is 38.8. The summed E-state index contributed by atoms with van der Waals surface area (Å²) in [5.74, 6) is -0.121. The first-order chi connectivity index (χ1) is 19.1. The van der Waals surface area contributed by atoms with Crippen LogP contribution in [0.2, 0.25) is 10.0 Å². The highest BCUT2D eigenvalue weighted by molar-refractivity contribution is 7.92. The van der Waals surface area contributed by atoms with Gasteiger partial charge < -0.3 is 19.7 Å². The number of hydrogen-bond acceptors (Lipinski definition) is 6. The Bertz CT molecular complexity index is 1330. The summed E-state index contributed by atoms with van der Waals surface area (Å²) in [6, 6.07) is 8.93. The van der Waals surface area contributed by atoms with Crippen LogP contribution < -0.4 is 19.1 Å². The highest BCUT2D eigenvalue weighted by atomic mass is 35.5. The van der Waals surface area contributed by atoms with Crippen LogP contribution in [0.1, 0.15) is 51.5 Å². The van der Waals surface area contributed by atoms with Crippen molar-refractivity contribution in [3.63, 3.8) is 0 Å². The summed E-state index contributed by atoms with van der Waals surface area (Å²) in [7, 11) is -3.88. The standard InChI is InChI=1S/C28H35Cl2N3O6S/c1-3-24(28(35)31-21-7-5-6-8-21)32(17-19-9-10-20(29)15-23(19)30)27(34)18-33(40(36,37)4-2)22-11-12-25-26(16-22)39-14-13-38-25/h9-12,15-16,21,24H,3-8,13-14,17-18H2,1-2H3,(H,31,35)/t24-/m0/s1. The number of anilines is 1. The number of halogens is 2. The molecule has 2 aromatic rings. The van der Waals surface area contributed by atoms with E-state index in [1.54, 1.807) is 36.4 Å². The summed E-state index contributed by atoms with van der Waals surface area (Å²) in [6.07, 6.45) is 4.21. The molecule has 4 rings (SSSR count). The number of fused-ring (bicyclic) bond motifs is 1. The molecule has 0 saturated heterocycles. The molecule has 12 heteroatoms. The summed E-state index contributed by atoms with van der Waals surface area (Å²) in [5, 5.41) is 3.88. The van der Waals surface area contributed by atoms with Gasteiger partial charge in [-0.05, 0) is 56.0 Å². The van der Waals surface area contributed by atoms with E-state index < -0.39 is 28.5 Å². The molecule has 0 aromatic heterocycles. The van der Waals surface area contributed by atoms with Gasteiger partial charge in [-0.3, -0.25) is 13.9 Å². The maximum Gasteiger partial charge on any atom is 0.244 e. The number of nitrogens with zero attached hydrogens (tertiary/aromatic N) is 2. The maximum absolute atomic E-state index is 14.0. The minimum atomic E-state index is -3.88. The van der Waals surface area contributed by atoms with E-state index in [-0.39, 0.29) is 29.9 Å². The van der Waals surface area contributed by atoms with Gasteiger partial charge >= 0.3 is 0 Å². The zero-order valence-corrected chi connectivity index (χ0v) is 25.0. The molecular formula is C28H35Cl2N3O6S. The average molecular weight is 613 g/mol. The first-order valence-electron chi connectivity index (χ1n) is 13.6. The smallest absolute Gasteiger partial charge is 0.244 e. The number of ether oxygens (including phenoxy) is 2. The summed E-state index contributed by atoms with van der Waals surface area (Å²) in [5.41, 5.74) is 0.864. The van der Waals surface area contributed by atoms with Crippen molar-refractivity contribution in [2.24, 2.45) is 0 Å². The third kappa shape index (κ3) is 7.14. The Hall–Kier alpha value is -2.69. The molecule has 2 aromatic carbocycles. The van der Waals surface area contributed by atoms with Crippen LogP contribution in [0, 0.1) is 0 Å². The number of hydrogen-bond donors (Lipinski definition) is 1. The number of carbonyl (C=O) groups excluding carboxylic acids is 2. The monoisotopic (exact) mass is 611 g/mol. The molecule has 0 radical (unpaired) electrons. The molecule has 218 valence electrons. The van der Waals surface area contributed by atoms with Crippen LogP contribution in [0.5, 0.6) is 11.5 Å².